The topological polar surface area (TPSA) is 117 Å². The quantitative estimate of drug-likeness (QED) is 0.576. The predicted molar refractivity (Wildman–Crippen MR) is 113 cm³/mol. The molecule has 0 amide bonds. The molecule has 160 valence electrons. The number of aliphatic hydroxyl groups is 1. The third-order valence-corrected chi connectivity index (χ3v) is 5.69. The molecule has 3 N–H and O–H groups in total. The van der Waals surface area contributed by atoms with Gasteiger partial charge in [-0.15, -0.1) is 11.3 Å². The molecule has 8 nitrogen and oxygen atoms in total. The molecule has 0 saturated carbocycles. The molecule has 0 fully saturated rings. The van der Waals surface area contributed by atoms with Crippen LogP contribution in [0.5, 0.6) is 0 Å². The van der Waals surface area contributed by atoms with Crippen LogP contribution in [0, 0.1) is 5.41 Å². The minimum Gasteiger partial charge on any atom is -0.464 e. The largest absolute Gasteiger partial charge is 0.464 e. The SMILES string of the molecule is COC(=O)c1csc(C(O)c2cn(COC(=O)C(N)C(C)(C)C)c3ccccc23)n1. The zero-order valence-corrected chi connectivity index (χ0v) is 18.1. The second-order valence-corrected chi connectivity index (χ2v) is 8.86. The Bertz CT molecular complexity index is 1070. The van der Waals surface area contributed by atoms with Gasteiger partial charge in [-0.25, -0.2) is 9.78 Å². The highest BCUT2D eigenvalue weighted by molar-refractivity contribution is 7.09. The second kappa shape index (κ2) is 8.55. The molecule has 0 bridgehead atoms. The van der Waals surface area contributed by atoms with Gasteiger partial charge in [0.05, 0.1) is 12.6 Å². The molecule has 3 aromatic rings. The highest BCUT2D eigenvalue weighted by Crippen LogP contribution is 2.32. The standard InChI is InChI=1S/C21H25N3O5S/c1-21(2,3)17(22)20(27)29-11-24-9-13(12-7-5-6-8-15(12)24)16(25)18-23-14(10-30-18)19(26)28-4/h5-10,16-17,25H,11,22H2,1-4H3. The summed E-state index contributed by atoms with van der Waals surface area (Å²) in [4.78, 5) is 28.1. The number of carbonyl (C=O) groups is 2. The van der Waals surface area contributed by atoms with Crippen molar-refractivity contribution in [1.29, 1.82) is 0 Å². The van der Waals surface area contributed by atoms with Crippen molar-refractivity contribution in [3.8, 4) is 0 Å². The van der Waals surface area contributed by atoms with Crippen LogP contribution in [-0.4, -0.2) is 39.7 Å². The lowest BCUT2D eigenvalue weighted by atomic mass is 9.87. The minimum absolute atomic E-state index is 0.0405. The highest BCUT2D eigenvalue weighted by atomic mass is 32.1. The molecule has 2 unspecified atom stereocenters. The van der Waals surface area contributed by atoms with Gasteiger partial charge < -0.3 is 24.9 Å². The molecular formula is C21H25N3O5S. The van der Waals surface area contributed by atoms with Gasteiger partial charge in [0.15, 0.2) is 12.4 Å². The molecule has 0 aliphatic rings. The third kappa shape index (κ3) is 4.38. The van der Waals surface area contributed by atoms with Gasteiger partial charge in [0.25, 0.3) is 0 Å². The Morgan fingerprint density at radius 3 is 2.67 bits per heavy atom. The molecule has 0 aliphatic carbocycles. The number of rotatable bonds is 6. The number of nitrogens with two attached hydrogens (primary N) is 1. The number of benzene rings is 1. The summed E-state index contributed by atoms with van der Waals surface area (Å²) in [6, 6.07) is 6.69. The van der Waals surface area contributed by atoms with Crippen molar-refractivity contribution >= 4 is 34.2 Å². The summed E-state index contributed by atoms with van der Waals surface area (Å²) in [5.41, 5.74) is 7.07. The Balaban J connectivity index is 1.88. The molecule has 2 heterocycles. The summed E-state index contributed by atoms with van der Waals surface area (Å²) < 4.78 is 11.8. The predicted octanol–water partition coefficient (Wildman–Crippen LogP) is 2.84. The van der Waals surface area contributed by atoms with Crippen molar-refractivity contribution in [3.63, 3.8) is 0 Å². The smallest absolute Gasteiger partial charge is 0.357 e. The molecule has 0 spiro atoms. The minimum atomic E-state index is -1.05. The van der Waals surface area contributed by atoms with Crippen LogP contribution in [0.2, 0.25) is 0 Å². The number of para-hydroxylation sites is 1. The molecule has 30 heavy (non-hydrogen) atoms. The van der Waals surface area contributed by atoms with E-state index in [1.165, 1.54) is 18.4 Å². The number of aromatic nitrogens is 2. The molecule has 3 rings (SSSR count). The summed E-state index contributed by atoms with van der Waals surface area (Å²) in [5.74, 6) is -1.06. The van der Waals surface area contributed by atoms with Crippen molar-refractivity contribution in [2.45, 2.75) is 39.6 Å². The number of hydrogen-bond donors (Lipinski definition) is 2. The number of methoxy groups -OCH3 is 1. The second-order valence-electron chi connectivity index (χ2n) is 7.97. The Morgan fingerprint density at radius 1 is 1.30 bits per heavy atom. The number of carbonyl (C=O) groups excluding carboxylic acids is 2. The van der Waals surface area contributed by atoms with Gasteiger partial charge in [-0.1, -0.05) is 39.0 Å². The first-order chi connectivity index (χ1) is 14.1. The fraction of sp³-hybridized carbons (Fsp3) is 0.381. The number of esters is 2. The van der Waals surface area contributed by atoms with Gasteiger partial charge in [-0.2, -0.15) is 0 Å². The average Bonchev–Trinajstić information content (AvgIpc) is 3.35. The van der Waals surface area contributed by atoms with E-state index in [0.29, 0.717) is 10.6 Å². The molecule has 0 aliphatic heterocycles. The zero-order valence-electron chi connectivity index (χ0n) is 17.3. The van der Waals surface area contributed by atoms with Gasteiger partial charge in [0, 0.05) is 22.5 Å². The fourth-order valence-electron chi connectivity index (χ4n) is 2.92. The Labute approximate surface area is 178 Å². The Morgan fingerprint density at radius 2 is 2.00 bits per heavy atom. The number of fused-ring (bicyclic) bond motifs is 1. The summed E-state index contributed by atoms with van der Waals surface area (Å²) in [5, 5.41) is 13.6. The van der Waals surface area contributed by atoms with E-state index >= 15 is 0 Å². The number of ether oxygens (including phenoxy) is 2. The van der Waals surface area contributed by atoms with Gasteiger partial charge in [-0.05, 0) is 11.5 Å². The molecule has 0 radical (unpaired) electrons. The molecule has 2 atom stereocenters. The van der Waals surface area contributed by atoms with E-state index in [4.69, 9.17) is 10.5 Å². The van der Waals surface area contributed by atoms with Gasteiger partial charge in [0.1, 0.15) is 17.2 Å². The monoisotopic (exact) mass is 431 g/mol. The van der Waals surface area contributed by atoms with Crippen molar-refractivity contribution in [3.05, 3.63) is 52.1 Å². The van der Waals surface area contributed by atoms with Crippen LogP contribution in [-0.2, 0) is 21.0 Å². The summed E-state index contributed by atoms with van der Waals surface area (Å²) >= 11 is 1.17. The van der Waals surface area contributed by atoms with E-state index in [1.54, 1.807) is 16.1 Å². The van der Waals surface area contributed by atoms with E-state index < -0.39 is 29.5 Å². The van der Waals surface area contributed by atoms with Gasteiger partial charge >= 0.3 is 11.9 Å². The van der Waals surface area contributed by atoms with Gasteiger partial charge in [-0.3, -0.25) is 4.79 Å². The average molecular weight is 432 g/mol. The van der Waals surface area contributed by atoms with Crippen LogP contribution < -0.4 is 5.73 Å². The number of aliphatic hydroxyl groups excluding tert-OH is 1. The molecule has 2 aromatic heterocycles. The first-order valence-electron chi connectivity index (χ1n) is 9.35. The van der Waals surface area contributed by atoms with E-state index in [2.05, 4.69) is 9.72 Å². The maximum atomic E-state index is 12.3. The maximum absolute atomic E-state index is 12.3. The molecule has 9 heteroatoms. The van der Waals surface area contributed by atoms with Crippen LogP contribution >= 0.6 is 11.3 Å². The number of hydrogen-bond acceptors (Lipinski definition) is 8. The van der Waals surface area contributed by atoms with E-state index in [0.717, 1.165) is 10.9 Å². The van der Waals surface area contributed by atoms with E-state index in [1.807, 2.05) is 45.0 Å². The van der Waals surface area contributed by atoms with Crippen molar-refractivity contribution < 1.29 is 24.2 Å². The molecule has 1 aromatic carbocycles. The first-order valence-corrected chi connectivity index (χ1v) is 10.2. The Kier molecular flexibility index (Phi) is 6.25. The highest BCUT2D eigenvalue weighted by Gasteiger charge is 2.29. The first kappa shape index (κ1) is 21.9. The lowest BCUT2D eigenvalue weighted by molar-refractivity contribution is -0.151. The summed E-state index contributed by atoms with van der Waals surface area (Å²) in [6.45, 7) is 5.57. The number of nitrogens with zero attached hydrogens (tertiary/aromatic N) is 2. The molecular weight excluding hydrogens is 406 g/mol. The normalized spacial score (nSPS) is 13.8. The van der Waals surface area contributed by atoms with Crippen LogP contribution in [0.15, 0.2) is 35.8 Å². The fourth-order valence-corrected chi connectivity index (χ4v) is 3.71. The van der Waals surface area contributed by atoms with Crippen LogP contribution in [0.25, 0.3) is 10.9 Å². The molecule has 0 saturated heterocycles. The van der Waals surface area contributed by atoms with Crippen molar-refractivity contribution in [2.24, 2.45) is 11.1 Å². The van der Waals surface area contributed by atoms with Crippen molar-refractivity contribution in [2.75, 3.05) is 7.11 Å². The third-order valence-electron chi connectivity index (χ3n) is 4.80. The van der Waals surface area contributed by atoms with E-state index in [9.17, 15) is 14.7 Å². The van der Waals surface area contributed by atoms with E-state index in [-0.39, 0.29) is 12.4 Å². The van der Waals surface area contributed by atoms with Crippen LogP contribution in [0.1, 0.15) is 47.9 Å². The lowest BCUT2D eigenvalue weighted by Gasteiger charge is -2.25. The van der Waals surface area contributed by atoms with Crippen molar-refractivity contribution in [1.82, 2.24) is 9.55 Å². The lowest BCUT2D eigenvalue weighted by Crippen LogP contribution is -2.43. The van der Waals surface area contributed by atoms with Gasteiger partial charge in [0.2, 0.25) is 0 Å². The van der Waals surface area contributed by atoms with Crippen LogP contribution in [0.4, 0.5) is 0 Å². The number of thiazole rings is 1. The maximum Gasteiger partial charge on any atom is 0.357 e. The summed E-state index contributed by atoms with van der Waals surface area (Å²) in [7, 11) is 1.28. The Hall–Kier alpha value is -2.75. The summed E-state index contributed by atoms with van der Waals surface area (Å²) in [6.07, 6.45) is 0.664. The zero-order chi connectivity index (χ0) is 22.1. The van der Waals surface area contributed by atoms with Crippen LogP contribution in [0.3, 0.4) is 0 Å².